The summed E-state index contributed by atoms with van der Waals surface area (Å²) in [5.41, 5.74) is 4.99. The molecule has 0 N–H and O–H groups in total. The maximum Gasteiger partial charge on any atom is 0.281 e. The van der Waals surface area contributed by atoms with E-state index < -0.39 is 10.2 Å². The molecule has 0 bridgehead atoms. The Morgan fingerprint density at radius 1 is 0.958 bits per heavy atom. The average molecular weight is 353 g/mol. The van der Waals surface area contributed by atoms with E-state index in [4.69, 9.17) is 0 Å². The van der Waals surface area contributed by atoms with Crippen LogP contribution in [0, 0.1) is 27.7 Å². The Hall–Kier alpha value is -1.44. The van der Waals surface area contributed by atoms with Crippen LogP contribution in [0.3, 0.4) is 0 Å². The van der Waals surface area contributed by atoms with Gasteiger partial charge in [-0.25, -0.2) is 0 Å². The molecule has 0 radical (unpaired) electrons. The molecule has 1 fully saturated rings. The molecule has 134 valence electrons. The van der Waals surface area contributed by atoms with Gasteiger partial charge < -0.3 is 4.90 Å². The maximum absolute atomic E-state index is 13.0. The van der Waals surface area contributed by atoms with Gasteiger partial charge in [0.1, 0.15) is 0 Å². The molecular weight excluding hydrogens is 326 g/mol. The van der Waals surface area contributed by atoms with Crippen molar-refractivity contribution >= 4 is 16.1 Å². The highest BCUT2D eigenvalue weighted by atomic mass is 32.2. The summed E-state index contributed by atoms with van der Waals surface area (Å²) in [6.07, 6.45) is 0. The number of hydrogen-bond donors (Lipinski definition) is 0. The molecule has 1 saturated heterocycles. The van der Waals surface area contributed by atoms with Gasteiger partial charge in [-0.2, -0.15) is 17.0 Å². The minimum atomic E-state index is -3.41. The molecule has 1 heterocycles. The Bertz CT molecular complexity index is 723. The predicted octanol–water partition coefficient (Wildman–Crippen LogP) is 1.48. The average Bonchev–Trinajstić information content (AvgIpc) is 2.53. The second kappa shape index (κ2) is 6.82. The summed E-state index contributed by atoms with van der Waals surface area (Å²) < 4.78 is 27.0. The van der Waals surface area contributed by atoms with Crippen molar-refractivity contribution in [2.24, 2.45) is 0 Å². The Morgan fingerprint density at radius 3 is 1.83 bits per heavy atom. The van der Waals surface area contributed by atoms with E-state index in [1.165, 1.54) is 22.7 Å². The van der Waals surface area contributed by atoms with Crippen molar-refractivity contribution in [1.82, 2.24) is 13.5 Å². The third-order valence-corrected chi connectivity index (χ3v) is 6.83. The van der Waals surface area contributed by atoms with E-state index in [1.54, 1.807) is 4.90 Å². The Kier molecular flexibility index (Phi) is 5.37. The summed E-state index contributed by atoms with van der Waals surface area (Å²) in [5, 5.41) is 0. The fourth-order valence-corrected chi connectivity index (χ4v) is 4.14. The third kappa shape index (κ3) is 3.34. The van der Waals surface area contributed by atoms with Gasteiger partial charge in [0.25, 0.3) is 16.1 Å². The highest BCUT2D eigenvalue weighted by Gasteiger charge is 2.31. The number of carbonyl (C=O) groups excluding carboxylic acids is 1. The molecule has 0 spiro atoms. The summed E-state index contributed by atoms with van der Waals surface area (Å²) in [6.45, 7) is 9.46. The first-order valence-electron chi connectivity index (χ1n) is 8.11. The quantitative estimate of drug-likeness (QED) is 0.827. The molecule has 7 heteroatoms. The van der Waals surface area contributed by atoms with Crippen LogP contribution >= 0.6 is 0 Å². The molecule has 0 aliphatic carbocycles. The monoisotopic (exact) mass is 353 g/mol. The smallest absolute Gasteiger partial charge is 0.281 e. The molecule has 1 amide bonds. The fourth-order valence-electron chi connectivity index (χ4n) is 3.05. The fraction of sp³-hybridized carbons (Fsp3) is 0.588. The number of rotatable bonds is 3. The lowest BCUT2D eigenvalue weighted by atomic mass is 9.93. The van der Waals surface area contributed by atoms with E-state index in [1.807, 2.05) is 27.7 Å². The van der Waals surface area contributed by atoms with Crippen LogP contribution in [-0.4, -0.2) is 68.1 Å². The van der Waals surface area contributed by atoms with Crippen LogP contribution in [0.4, 0.5) is 0 Å². The number of hydrogen-bond acceptors (Lipinski definition) is 3. The van der Waals surface area contributed by atoms with Gasteiger partial charge in [0.05, 0.1) is 0 Å². The Morgan fingerprint density at radius 2 is 1.42 bits per heavy atom. The van der Waals surface area contributed by atoms with E-state index in [9.17, 15) is 13.2 Å². The maximum atomic E-state index is 13.0. The van der Waals surface area contributed by atoms with Crippen LogP contribution in [0.15, 0.2) is 6.07 Å². The number of piperazine rings is 1. The number of benzene rings is 1. The third-order valence-electron chi connectivity index (χ3n) is 4.89. The van der Waals surface area contributed by atoms with Crippen LogP contribution < -0.4 is 0 Å². The minimum Gasteiger partial charge on any atom is -0.336 e. The van der Waals surface area contributed by atoms with Crippen molar-refractivity contribution in [3.05, 3.63) is 33.9 Å². The summed E-state index contributed by atoms with van der Waals surface area (Å²) in [6, 6.07) is 2.10. The zero-order valence-electron chi connectivity index (χ0n) is 15.4. The van der Waals surface area contributed by atoms with Crippen LogP contribution in [0.1, 0.15) is 32.6 Å². The lowest BCUT2D eigenvalue weighted by Crippen LogP contribution is -2.53. The molecule has 0 aromatic heterocycles. The van der Waals surface area contributed by atoms with Crippen LogP contribution in [0.2, 0.25) is 0 Å². The minimum absolute atomic E-state index is 0.00120. The summed E-state index contributed by atoms with van der Waals surface area (Å²) in [5.74, 6) is -0.00120. The first kappa shape index (κ1) is 18.9. The first-order valence-corrected chi connectivity index (χ1v) is 9.51. The second-order valence-electron chi connectivity index (χ2n) is 6.62. The van der Waals surface area contributed by atoms with Crippen molar-refractivity contribution in [3.8, 4) is 0 Å². The topological polar surface area (TPSA) is 60.9 Å². The number of nitrogens with zero attached hydrogens (tertiary/aromatic N) is 3. The van der Waals surface area contributed by atoms with E-state index in [2.05, 4.69) is 6.07 Å². The highest BCUT2D eigenvalue weighted by molar-refractivity contribution is 7.86. The van der Waals surface area contributed by atoms with Gasteiger partial charge in [-0.05, 0) is 49.9 Å². The second-order valence-corrected chi connectivity index (χ2v) is 8.76. The van der Waals surface area contributed by atoms with Gasteiger partial charge >= 0.3 is 0 Å². The molecular formula is C17H27N3O3S. The van der Waals surface area contributed by atoms with Crippen LogP contribution in [0.25, 0.3) is 0 Å². The predicted molar refractivity (Wildman–Crippen MR) is 95.5 cm³/mol. The van der Waals surface area contributed by atoms with Gasteiger partial charge in [0, 0.05) is 45.8 Å². The van der Waals surface area contributed by atoms with Gasteiger partial charge in [-0.3, -0.25) is 4.79 Å². The van der Waals surface area contributed by atoms with Crippen molar-refractivity contribution in [1.29, 1.82) is 0 Å². The highest BCUT2D eigenvalue weighted by Crippen LogP contribution is 2.24. The molecule has 6 nitrogen and oxygen atoms in total. The molecule has 1 aliphatic heterocycles. The van der Waals surface area contributed by atoms with Crippen LogP contribution in [0.5, 0.6) is 0 Å². The summed E-state index contributed by atoms with van der Waals surface area (Å²) >= 11 is 0. The molecule has 0 saturated carbocycles. The zero-order chi connectivity index (χ0) is 18.2. The summed E-state index contributed by atoms with van der Waals surface area (Å²) in [7, 11) is -0.369. The van der Waals surface area contributed by atoms with Crippen LogP contribution in [-0.2, 0) is 10.2 Å². The molecule has 2 rings (SSSR count). The molecule has 0 atom stereocenters. The van der Waals surface area contributed by atoms with E-state index in [0.717, 1.165) is 27.8 Å². The van der Waals surface area contributed by atoms with E-state index >= 15 is 0 Å². The summed E-state index contributed by atoms with van der Waals surface area (Å²) in [4.78, 5) is 14.7. The van der Waals surface area contributed by atoms with Crippen molar-refractivity contribution in [2.75, 3.05) is 40.3 Å². The van der Waals surface area contributed by atoms with Gasteiger partial charge in [0.15, 0.2) is 0 Å². The zero-order valence-corrected chi connectivity index (χ0v) is 16.2. The van der Waals surface area contributed by atoms with Crippen molar-refractivity contribution < 1.29 is 13.2 Å². The SMILES string of the molecule is Cc1cc(C)c(C)c(C(=O)N2CCN(S(=O)(=O)N(C)C)CC2)c1C. The Balaban J connectivity index is 2.21. The standard InChI is InChI=1S/C17H27N3O3S/c1-12-11-13(2)15(4)16(14(12)3)17(21)19-7-9-20(10-8-19)24(22,23)18(5)6/h11H,7-10H2,1-6H3. The Labute approximate surface area is 145 Å². The number of aryl methyl sites for hydroxylation is 2. The number of carbonyl (C=O) groups is 1. The van der Waals surface area contributed by atoms with Gasteiger partial charge in [-0.1, -0.05) is 6.07 Å². The van der Waals surface area contributed by atoms with E-state index in [-0.39, 0.29) is 5.91 Å². The molecule has 1 aromatic carbocycles. The molecule has 24 heavy (non-hydrogen) atoms. The lowest BCUT2D eigenvalue weighted by molar-refractivity contribution is 0.0693. The van der Waals surface area contributed by atoms with Gasteiger partial charge in [-0.15, -0.1) is 0 Å². The van der Waals surface area contributed by atoms with Gasteiger partial charge in [0.2, 0.25) is 0 Å². The molecule has 1 aromatic rings. The lowest BCUT2D eigenvalue weighted by Gasteiger charge is -2.35. The molecule has 1 aliphatic rings. The van der Waals surface area contributed by atoms with Crippen molar-refractivity contribution in [2.45, 2.75) is 27.7 Å². The largest absolute Gasteiger partial charge is 0.336 e. The normalized spacial score (nSPS) is 16.7. The van der Waals surface area contributed by atoms with Crippen molar-refractivity contribution in [3.63, 3.8) is 0 Å². The number of amides is 1. The first-order chi connectivity index (χ1) is 11.1. The molecule has 0 unspecified atom stereocenters. The van der Waals surface area contributed by atoms with E-state index in [0.29, 0.717) is 26.2 Å².